The zero-order valence-electron chi connectivity index (χ0n) is 13.7. The van der Waals surface area contributed by atoms with Gasteiger partial charge in [-0.3, -0.25) is 4.79 Å². The maximum Gasteiger partial charge on any atom is 0.238 e. The highest BCUT2D eigenvalue weighted by Crippen LogP contribution is 2.23. The molecule has 0 fully saturated rings. The highest BCUT2D eigenvalue weighted by atomic mass is 35.5. The first-order valence-electron chi connectivity index (χ1n) is 7.78. The van der Waals surface area contributed by atoms with Crippen LogP contribution >= 0.6 is 11.6 Å². The molecule has 2 rings (SSSR count). The number of hydrogen-bond acceptors (Lipinski definition) is 3. The Kier molecular flexibility index (Phi) is 6.36. The zero-order chi connectivity index (χ0) is 17.5. The molecule has 1 amide bonds. The average Bonchev–Trinajstić information content (AvgIpc) is 2.56. The van der Waals surface area contributed by atoms with E-state index in [0.717, 1.165) is 5.56 Å². The second-order valence-corrected chi connectivity index (χ2v) is 6.33. The van der Waals surface area contributed by atoms with Gasteiger partial charge in [-0.1, -0.05) is 43.6 Å². The molecule has 0 saturated carbocycles. The number of amides is 1. The molecule has 2 N–H and O–H groups in total. The van der Waals surface area contributed by atoms with Crippen molar-refractivity contribution >= 4 is 23.2 Å². The standard InChI is InChI=1S/C19H20ClN3O/c1-13(2)19(15-6-8-16(20)9-7-15)22-12-18(24)23-17-5-3-4-14(10-17)11-21/h3-10,13,19,22H,12H2,1-2H3,(H,23,24). The Morgan fingerprint density at radius 2 is 1.92 bits per heavy atom. The summed E-state index contributed by atoms with van der Waals surface area (Å²) in [7, 11) is 0. The Bertz CT molecular complexity index is 735. The van der Waals surface area contributed by atoms with E-state index in [4.69, 9.17) is 16.9 Å². The van der Waals surface area contributed by atoms with Crippen molar-refractivity contribution in [3.05, 3.63) is 64.7 Å². The molecule has 0 spiro atoms. The van der Waals surface area contributed by atoms with Gasteiger partial charge in [0.25, 0.3) is 0 Å². The van der Waals surface area contributed by atoms with Gasteiger partial charge in [-0.05, 0) is 41.8 Å². The Balaban J connectivity index is 1.97. The molecule has 0 radical (unpaired) electrons. The molecule has 4 nitrogen and oxygen atoms in total. The largest absolute Gasteiger partial charge is 0.325 e. The van der Waals surface area contributed by atoms with Crippen molar-refractivity contribution in [1.82, 2.24) is 5.32 Å². The summed E-state index contributed by atoms with van der Waals surface area (Å²) in [5.74, 6) is 0.172. The minimum atomic E-state index is -0.148. The maximum atomic E-state index is 12.1. The van der Waals surface area contributed by atoms with E-state index in [-0.39, 0.29) is 18.5 Å². The van der Waals surface area contributed by atoms with E-state index >= 15 is 0 Å². The molecule has 0 saturated heterocycles. The fourth-order valence-electron chi connectivity index (χ4n) is 2.48. The van der Waals surface area contributed by atoms with Gasteiger partial charge >= 0.3 is 0 Å². The predicted molar refractivity (Wildman–Crippen MR) is 96.8 cm³/mol. The molecule has 2 aromatic rings. The Labute approximate surface area is 147 Å². The molecular formula is C19H20ClN3O. The molecule has 124 valence electrons. The van der Waals surface area contributed by atoms with Crippen LogP contribution in [-0.2, 0) is 4.79 Å². The summed E-state index contributed by atoms with van der Waals surface area (Å²) in [5, 5.41) is 15.7. The van der Waals surface area contributed by atoms with Gasteiger partial charge in [0.1, 0.15) is 0 Å². The normalized spacial score (nSPS) is 11.8. The van der Waals surface area contributed by atoms with E-state index in [1.165, 1.54) is 0 Å². The second kappa shape index (κ2) is 8.49. The maximum absolute atomic E-state index is 12.1. The first-order valence-corrected chi connectivity index (χ1v) is 8.16. The van der Waals surface area contributed by atoms with Crippen LogP contribution in [-0.4, -0.2) is 12.5 Å². The van der Waals surface area contributed by atoms with Crippen molar-refractivity contribution in [2.45, 2.75) is 19.9 Å². The average molecular weight is 342 g/mol. The molecule has 0 aromatic heterocycles. The molecule has 5 heteroatoms. The molecule has 0 aliphatic heterocycles. The number of nitrogens with zero attached hydrogens (tertiary/aromatic N) is 1. The van der Waals surface area contributed by atoms with Gasteiger partial charge in [0, 0.05) is 16.8 Å². The van der Waals surface area contributed by atoms with E-state index in [9.17, 15) is 4.79 Å². The van der Waals surface area contributed by atoms with Crippen molar-refractivity contribution in [3.63, 3.8) is 0 Å². The minimum absolute atomic E-state index is 0.0541. The molecule has 0 bridgehead atoms. The van der Waals surface area contributed by atoms with Crippen LogP contribution in [0.15, 0.2) is 48.5 Å². The lowest BCUT2D eigenvalue weighted by molar-refractivity contribution is -0.115. The van der Waals surface area contributed by atoms with Crippen LogP contribution in [0, 0.1) is 17.2 Å². The molecular weight excluding hydrogens is 322 g/mol. The van der Waals surface area contributed by atoms with Gasteiger partial charge in [-0.25, -0.2) is 0 Å². The number of carbonyl (C=O) groups is 1. The van der Waals surface area contributed by atoms with Crippen LogP contribution in [0.1, 0.15) is 31.0 Å². The van der Waals surface area contributed by atoms with Crippen molar-refractivity contribution in [2.75, 3.05) is 11.9 Å². The topological polar surface area (TPSA) is 64.9 Å². The van der Waals surface area contributed by atoms with Crippen molar-refractivity contribution < 1.29 is 4.79 Å². The lowest BCUT2D eigenvalue weighted by Gasteiger charge is -2.23. The number of rotatable bonds is 6. The zero-order valence-corrected chi connectivity index (χ0v) is 14.5. The van der Waals surface area contributed by atoms with Gasteiger partial charge in [0.2, 0.25) is 5.91 Å². The van der Waals surface area contributed by atoms with E-state index < -0.39 is 0 Å². The first kappa shape index (κ1) is 18.0. The number of anilines is 1. The van der Waals surface area contributed by atoms with Gasteiger partial charge in [0.15, 0.2) is 0 Å². The summed E-state index contributed by atoms with van der Waals surface area (Å²) >= 11 is 5.93. The number of carbonyl (C=O) groups excluding carboxylic acids is 1. The third kappa shape index (κ3) is 5.09. The van der Waals surface area contributed by atoms with Crippen LogP contribution in [0.5, 0.6) is 0 Å². The lowest BCUT2D eigenvalue weighted by Crippen LogP contribution is -2.33. The third-order valence-corrected chi connectivity index (χ3v) is 3.91. The number of nitriles is 1. The smallest absolute Gasteiger partial charge is 0.238 e. The summed E-state index contributed by atoms with van der Waals surface area (Å²) in [6.45, 7) is 4.38. The van der Waals surface area contributed by atoms with Gasteiger partial charge in [-0.15, -0.1) is 0 Å². The predicted octanol–water partition coefficient (Wildman–Crippen LogP) is 4.14. The van der Waals surface area contributed by atoms with E-state index in [1.807, 2.05) is 24.3 Å². The molecule has 0 aliphatic carbocycles. The Hall–Kier alpha value is -2.35. The summed E-state index contributed by atoms with van der Waals surface area (Å²) in [4.78, 5) is 12.1. The first-order chi connectivity index (χ1) is 11.5. The molecule has 24 heavy (non-hydrogen) atoms. The third-order valence-electron chi connectivity index (χ3n) is 3.65. The fourth-order valence-corrected chi connectivity index (χ4v) is 2.61. The van der Waals surface area contributed by atoms with Gasteiger partial charge in [0.05, 0.1) is 18.2 Å². The molecule has 0 aliphatic rings. The molecule has 1 unspecified atom stereocenters. The quantitative estimate of drug-likeness (QED) is 0.830. The molecule has 0 heterocycles. The molecule has 1 atom stereocenters. The number of hydrogen-bond donors (Lipinski definition) is 2. The number of benzene rings is 2. The van der Waals surface area contributed by atoms with E-state index in [2.05, 4.69) is 30.6 Å². The van der Waals surface area contributed by atoms with Crippen LogP contribution in [0.25, 0.3) is 0 Å². The van der Waals surface area contributed by atoms with Crippen LogP contribution < -0.4 is 10.6 Å². The summed E-state index contributed by atoms with van der Waals surface area (Å²) in [6.07, 6.45) is 0. The minimum Gasteiger partial charge on any atom is -0.325 e. The summed E-state index contributed by atoms with van der Waals surface area (Å²) in [6, 6.07) is 16.6. The Morgan fingerprint density at radius 3 is 2.54 bits per heavy atom. The van der Waals surface area contributed by atoms with E-state index in [1.54, 1.807) is 24.3 Å². The fraction of sp³-hybridized carbons (Fsp3) is 0.263. The Morgan fingerprint density at radius 1 is 1.21 bits per heavy atom. The van der Waals surface area contributed by atoms with E-state index in [0.29, 0.717) is 22.2 Å². The highest BCUT2D eigenvalue weighted by molar-refractivity contribution is 6.30. The van der Waals surface area contributed by atoms with Crippen molar-refractivity contribution in [2.24, 2.45) is 5.92 Å². The second-order valence-electron chi connectivity index (χ2n) is 5.89. The lowest BCUT2D eigenvalue weighted by atomic mass is 9.96. The highest BCUT2D eigenvalue weighted by Gasteiger charge is 2.16. The van der Waals surface area contributed by atoms with Crippen LogP contribution in [0.3, 0.4) is 0 Å². The SMILES string of the molecule is CC(C)C(NCC(=O)Nc1cccc(C#N)c1)c1ccc(Cl)cc1. The van der Waals surface area contributed by atoms with Crippen LogP contribution in [0.4, 0.5) is 5.69 Å². The number of nitrogens with one attached hydrogen (secondary N) is 2. The molecule has 2 aromatic carbocycles. The number of halogens is 1. The monoisotopic (exact) mass is 341 g/mol. The van der Waals surface area contributed by atoms with Crippen molar-refractivity contribution in [1.29, 1.82) is 5.26 Å². The van der Waals surface area contributed by atoms with Gasteiger partial charge in [-0.2, -0.15) is 5.26 Å². The van der Waals surface area contributed by atoms with Gasteiger partial charge < -0.3 is 10.6 Å². The van der Waals surface area contributed by atoms with Crippen LogP contribution in [0.2, 0.25) is 5.02 Å². The summed E-state index contributed by atoms with van der Waals surface area (Å²) in [5.41, 5.74) is 2.23. The van der Waals surface area contributed by atoms with Crippen molar-refractivity contribution in [3.8, 4) is 6.07 Å². The summed E-state index contributed by atoms with van der Waals surface area (Å²) < 4.78 is 0.